The van der Waals surface area contributed by atoms with E-state index in [-0.39, 0.29) is 0 Å². The summed E-state index contributed by atoms with van der Waals surface area (Å²) in [5.41, 5.74) is 5.82. The molecule has 0 atom stereocenters. The summed E-state index contributed by atoms with van der Waals surface area (Å²) in [5, 5.41) is 12.2. The third-order valence-electron chi connectivity index (χ3n) is 4.61. The zero-order chi connectivity index (χ0) is 19.3. The average Bonchev–Trinajstić information content (AvgIpc) is 2.75. The molecule has 0 spiro atoms. The lowest BCUT2D eigenvalue weighted by molar-refractivity contribution is 0.867. The van der Waals surface area contributed by atoms with Crippen LogP contribution in [0.15, 0.2) is 84.9 Å². The maximum absolute atomic E-state index is 4.83. The minimum atomic E-state index is 0.397. The summed E-state index contributed by atoms with van der Waals surface area (Å²) in [5.74, 6) is 0.889. The van der Waals surface area contributed by atoms with Crippen molar-refractivity contribution in [3.63, 3.8) is 0 Å². The minimum Gasteiger partial charge on any atom is -0.323 e. The van der Waals surface area contributed by atoms with Crippen molar-refractivity contribution in [1.29, 1.82) is 0 Å². The number of rotatable bonds is 5. The van der Waals surface area contributed by atoms with Crippen molar-refractivity contribution in [3.05, 3.63) is 90.5 Å². The fourth-order valence-corrected chi connectivity index (χ4v) is 3.20. The molecule has 0 aliphatic carbocycles. The molecule has 4 nitrogen and oxygen atoms in total. The van der Waals surface area contributed by atoms with Crippen LogP contribution in [0.25, 0.3) is 22.5 Å². The molecule has 0 saturated heterocycles. The predicted octanol–water partition coefficient (Wildman–Crippen LogP) is 6.07. The van der Waals surface area contributed by atoms with Gasteiger partial charge in [0.2, 0.25) is 5.95 Å². The van der Waals surface area contributed by atoms with Crippen LogP contribution in [0.4, 0.5) is 11.6 Å². The van der Waals surface area contributed by atoms with Gasteiger partial charge in [-0.3, -0.25) is 0 Å². The van der Waals surface area contributed by atoms with E-state index < -0.39 is 0 Å². The number of nitrogens with zero attached hydrogens (tertiary/aromatic N) is 3. The monoisotopic (exact) mass is 366 g/mol. The molecule has 0 saturated carbocycles. The van der Waals surface area contributed by atoms with E-state index in [1.165, 1.54) is 5.56 Å². The van der Waals surface area contributed by atoms with E-state index in [1.807, 2.05) is 78.9 Å². The van der Waals surface area contributed by atoms with Crippen molar-refractivity contribution in [2.24, 2.45) is 0 Å². The van der Waals surface area contributed by atoms with E-state index in [2.05, 4.69) is 35.4 Å². The molecule has 1 N–H and O–H groups in total. The molecule has 0 radical (unpaired) electrons. The Balaban J connectivity index is 1.79. The smallest absolute Gasteiger partial charge is 0.247 e. The molecule has 4 aromatic rings. The zero-order valence-electron chi connectivity index (χ0n) is 16.0. The highest BCUT2D eigenvalue weighted by Crippen LogP contribution is 2.30. The number of nitrogens with one attached hydrogen (secondary N) is 1. The number of benzene rings is 3. The van der Waals surface area contributed by atoms with Crippen molar-refractivity contribution in [2.45, 2.75) is 19.8 Å². The van der Waals surface area contributed by atoms with Gasteiger partial charge in [-0.25, -0.2) is 4.98 Å². The van der Waals surface area contributed by atoms with Crippen LogP contribution < -0.4 is 5.32 Å². The first-order chi connectivity index (χ1) is 13.7. The molecule has 1 heterocycles. The number of aromatic nitrogens is 3. The van der Waals surface area contributed by atoms with E-state index in [9.17, 15) is 0 Å². The first-order valence-electron chi connectivity index (χ1n) is 9.44. The van der Waals surface area contributed by atoms with Gasteiger partial charge in [0.05, 0.1) is 0 Å². The molecular weight excluding hydrogens is 344 g/mol. The zero-order valence-corrected chi connectivity index (χ0v) is 16.0. The Morgan fingerprint density at radius 2 is 1.21 bits per heavy atom. The van der Waals surface area contributed by atoms with Crippen molar-refractivity contribution < 1.29 is 0 Å². The molecule has 138 valence electrons. The molecule has 28 heavy (non-hydrogen) atoms. The Bertz CT molecular complexity index is 1060. The normalized spacial score (nSPS) is 10.8. The molecule has 4 heteroatoms. The van der Waals surface area contributed by atoms with Gasteiger partial charge in [0, 0.05) is 16.8 Å². The lowest BCUT2D eigenvalue weighted by Gasteiger charge is -2.14. The summed E-state index contributed by atoms with van der Waals surface area (Å²) in [4.78, 5) is 4.83. The molecular formula is C24H22N4. The Morgan fingerprint density at radius 1 is 0.643 bits per heavy atom. The van der Waals surface area contributed by atoms with Crippen LogP contribution in [0, 0.1) is 0 Å². The second-order valence-electron chi connectivity index (χ2n) is 6.93. The third kappa shape index (κ3) is 3.76. The number of hydrogen-bond donors (Lipinski definition) is 1. The number of anilines is 2. The van der Waals surface area contributed by atoms with Gasteiger partial charge in [-0.15, -0.1) is 10.2 Å². The lowest BCUT2D eigenvalue weighted by atomic mass is 10.0. The molecule has 1 aromatic heterocycles. The second-order valence-corrected chi connectivity index (χ2v) is 6.93. The second kappa shape index (κ2) is 8.01. The van der Waals surface area contributed by atoms with Gasteiger partial charge >= 0.3 is 0 Å². The Labute approximate surface area is 165 Å². The fraction of sp³-hybridized carbons (Fsp3) is 0.125. The van der Waals surface area contributed by atoms with Crippen LogP contribution >= 0.6 is 0 Å². The van der Waals surface area contributed by atoms with Gasteiger partial charge in [0.25, 0.3) is 0 Å². The summed E-state index contributed by atoms with van der Waals surface area (Å²) >= 11 is 0. The van der Waals surface area contributed by atoms with Crippen LogP contribution in [-0.2, 0) is 0 Å². The first kappa shape index (κ1) is 17.9. The van der Waals surface area contributed by atoms with Crippen LogP contribution in [0.3, 0.4) is 0 Å². The summed E-state index contributed by atoms with van der Waals surface area (Å²) in [6.07, 6.45) is 0. The van der Waals surface area contributed by atoms with E-state index in [4.69, 9.17) is 4.98 Å². The van der Waals surface area contributed by atoms with E-state index >= 15 is 0 Å². The van der Waals surface area contributed by atoms with Crippen LogP contribution in [-0.4, -0.2) is 15.2 Å². The van der Waals surface area contributed by atoms with Crippen LogP contribution in [0.5, 0.6) is 0 Å². The highest BCUT2D eigenvalue weighted by atomic mass is 15.2. The maximum atomic E-state index is 4.83. The van der Waals surface area contributed by atoms with E-state index in [0.29, 0.717) is 11.9 Å². The van der Waals surface area contributed by atoms with Crippen LogP contribution in [0.2, 0.25) is 0 Å². The van der Waals surface area contributed by atoms with Crippen molar-refractivity contribution in [3.8, 4) is 22.5 Å². The summed E-state index contributed by atoms with van der Waals surface area (Å²) in [7, 11) is 0. The van der Waals surface area contributed by atoms with Gasteiger partial charge in [0.1, 0.15) is 11.4 Å². The van der Waals surface area contributed by atoms with E-state index in [1.54, 1.807) is 0 Å². The summed E-state index contributed by atoms with van der Waals surface area (Å²) in [6, 6.07) is 28.4. The average molecular weight is 366 g/mol. The standard InChI is InChI=1S/C24H22N4/c1-17(2)20-15-9-10-16-21(20)25-24-26-22(18-11-5-3-6-12-18)23(27-28-24)19-13-7-4-8-14-19/h3-17H,1-2H3,(H,25,26,28). The third-order valence-corrected chi connectivity index (χ3v) is 4.61. The number of hydrogen-bond acceptors (Lipinski definition) is 4. The molecule has 0 unspecified atom stereocenters. The molecule has 0 amide bonds. The number of para-hydroxylation sites is 1. The molecule has 0 bridgehead atoms. The molecule has 4 rings (SSSR count). The fourth-order valence-electron chi connectivity index (χ4n) is 3.20. The van der Waals surface area contributed by atoms with E-state index in [0.717, 1.165) is 28.2 Å². The van der Waals surface area contributed by atoms with Crippen LogP contribution in [0.1, 0.15) is 25.3 Å². The molecule has 0 fully saturated rings. The van der Waals surface area contributed by atoms with Gasteiger partial charge in [-0.05, 0) is 17.5 Å². The SMILES string of the molecule is CC(C)c1ccccc1Nc1nnc(-c2ccccc2)c(-c2ccccc2)n1. The summed E-state index contributed by atoms with van der Waals surface area (Å²) in [6.45, 7) is 4.35. The topological polar surface area (TPSA) is 50.7 Å². The first-order valence-corrected chi connectivity index (χ1v) is 9.44. The largest absolute Gasteiger partial charge is 0.323 e. The maximum Gasteiger partial charge on any atom is 0.247 e. The lowest BCUT2D eigenvalue weighted by Crippen LogP contribution is -2.05. The van der Waals surface area contributed by atoms with Gasteiger partial charge < -0.3 is 5.32 Å². The van der Waals surface area contributed by atoms with Crippen molar-refractivity contribution in [2.75, 3.05) is 5.32 Å². The Kier molecular flexibility index (Phi) is 5.11. The van der Waals surface area contributed by atoms with Gasteiger partial charge in [-0.2, -0.15) is 0 Å². The minimum absolute atomic E-state index is 0.397. The predicted molar refractivity (Wildman–Crippen MR) is 115 cm³/mol. The highest BCUT2D eigenvalue weighted by molar-refractivity contribution is 5.78. The van der Waals surface area contributed by atoms with Crippen molar-refractivity contribution >= 4 is 11.6 Å². The molecule has 0 aliphatic heterocycles. The highest BCUT2D eigenvalue weighted by Gasteiger charge is 2.14. The molecule has 0 aliphatic rings. The summed E-state index contributed by atoms with van der Waals surface area (Å²) < 4.78 is 0. The van der Waals surface area contributed by atoms with Gasteiger partial charge in [-0.1, -0.05) is 92.7 Å². The van der Waals surface area contributed by atoms with Crippen molar-refractivity contribution in [1.82, 2.24) is 15.2 Å². The molecule has 3 aromatic carbocycles. The Morgan fingerprint density at radius 3 is 1.86 bits per heavy atom. The Hall–Kier alpha value is -3.53. The quantitative estimate of drug-likeness (QED) is 0.465. The van der Waals surface area contributed by atoms with Gasteiger partial charge in [0.15, 0.2) is 0 Å².